The summed E-state index contributed by atoms with van der Waals surface area (Å²) in [5.41, 5.74) is 0. The number of unbranched alkanes of at least 4 members (excludes halogenated alkanes) is 2. The summed E-state index contributed by atoms with van der Waals surface area (Å²) in [7, 11) is -3.74. The van der Waals surface area contributed by atoms with E-state index in [2.05, 4.69) is 16.5 Å². The second kappa shape index (κ2) is 9.97. The highest BCUT2D eigenvalue weighted by Gasteiger charge is 2.09. The molecule has 0 fully saturated rings. The summed E-state index contributed by atoms with van der Waals surface area (Å²) in [6.45, 7) is 7.01. The molecule has 0 saturated carbocycles. The molecular weight excluding hydrogens is 264 g/mol. The Kier molecular flexibility index (Phi) is 9.51. The monoisotopic (exact) mass is 290 g/mol. The number of aromatic nitrogens is 2. The highest BCUT2D eigenvalue weighted by Crippen LogP contribution is 2.02. The minimum Gasteiger partial charge on any atom is -0.337 e. The van der Waals surface area contributed by atoms with Crippen LogP contribution in [0.4, 0.5) is 0 Å². The van der Waals surface area contributed by atoms with E-state index in [1.54, 1.807) is 6.92 Å². The molecule has 1 rings (SSSR count). The van der Waals surface area contributed by atoms with Gasteiger partial charge >= 0.3 is 0 Å². The molecule has 1 aromatic heterocycles. The van der Waals surface area contributed by atoms with Gasteiger partial charge in [-0.15, -0.1) is 0 Å². The molecule has 0 radical (unpaired) electrons. The maximum atomic E-state index is 10.2. The van der Waals surface area contributed by atoms with E-state index in [4.69, 9.17) is 4.55 Å². The summed E-state index contributed by atoms with van der Waals surface area (Å²) in [6, 6.07) is 0. The second-order valence-corrected chi connectivity index (χ2v) is 6.27. The molecule has 0 saturated heterocycles. The molecule has 0 amide bonds. The van der Waals surface area contributed by atoms with Gasteiger partial charge in [0, 0.05) is 18.9 Å². The van der Waals surface area contributed by atoms with Crippen LogP contribution in [0.15, 0.2) is 18.7 Å². The van der Waals surface area contributed by atoms with Crippen LogP contribution in [0.1, 0.15) is 46.5 Å². The lowest BCUT2D eigenvalue weighted by Gasteiger charge is -2.02. The van der Waals surface area contributed by atoms with Gasteiger partial charge in [0.1, 0.15) is 0 Å². The third-order valence-electron chi connectivity index (χ3n) is 2.77. The Morgan fingerprint density at radius 2 is 2.00 bits per heavy atom. The van der Waals surface area contributed by atoms with Crippen LogP contribution in [0.25, 0.3) is 0 Å². The van der Waals surface area contributed by atoms with Crippen LogP contribution < -0.4 is 0 Å². The third kappa shape index (κ3) is 11.9. The third-order valence-corrected chi connectivity index (χ3v) is 3.76. The SMILES string of the molecule is CCC(C)CS(=O)(=O)O.CCCCCn1ccnc1. The minimum atomic E-state index is -3.74. The quantitative estimate of drug-likeness (QED) is 0.619. The molecule has 6 heteroatoms. The molecule has 0 aliphatic heterocycles. The fourth-order valence-electron chi connectivity index (χ4n) is 1.44. The second-order valence-electron chi connectivity index (χ2n) is 4.77. The van der Waals surface area contributed by atoms with E-state index in [1.165, 1.54) is 19.3 Å². The predicted octanol–water partition coefficient (Wildman–Crippen LogP) is 2.99. The van der Waals surface area contributed by atoms with Gasteiger partial charge in [0.15, 0.2) is 0 Å². The number of imidazole rings is 1. The van der Waals surface area contributed by atoms with Crippen LogP contribution in [0.5, 0.6) is 0 Å². The molecule has 0 bridgehead atoms. The Labute approximate surface area is 116 Å². The van der Waals surface area contributed by atoms with Crippen LogP contribution in [-0.2, 0) is 16.7 Å². The predicted molar refractivity (Wildman–Crippen MR) is 77.6 cm³/mol. The zero-order valence-electron chi connectivity index (χ0n) is 12.1. The van der Waals surface area contributed by atoms with Gasteiger partial charge in [0.2, 0.25) is 0 Å². The summed E-state index contributed by atoms with van der Waals surface area (Å²) < 4.78 is 30.7. The highest BCUT2D eigenvalue weighted by atomic mass is 32.2. The molecule has 1 aromatic rings. The zero-order chi connectivity index (χ0) is 14.7. The molecule has 1 atom stereocenters. The average molecular weight is 290 g/mol. The van der Waals surface area contributed by atoms with Crippen molar-refractivity contribution in [3.63, 3.8) is 0 Å². The summed E-state index contributed by atoms with van der Waals surface area (Å²) in [6.07, 6.45) is 10.4. The van der Waals surface area contributed by atoms with E-state index in [0.29, 0.717) is 0 Å². The zero-order valence-corrected chi connectivity index (χ0v) is 12.9. The first-order valence-electron chi connectivity index (χ1n) is 6.79. The molecule has 1 heterocycles. The van der Waals surface area contributed by atoms with Crippen LogP contribution in [-0.4, -0.2) is 28.3 Å². The summed E-state index contributed by atoms with van der Waals surface area (Å²) >= 11 is 0. The van der Waals surface area contributed by atoms with Crippen molar-refractivity contribution in [2.45, 2.75) is 53.0 Å². The Hall–Kier alpha value is -0.880. The topological polar surface area (TPSA) is 72.2 Å². The van der Waals surface area contributed by atoms with Crippen molar-refractivity contribution in [2.24, 2.45) is 5.92 Å². The van der Waals surface area contributed by atoms with Crippen molar-refractivity contribution in [1.29, 1.82) is 0 Å². The summed E-state index contributed by atoms with van der Waals surface area (Å²) in [5.74, 6) is -0.0660. The van der Waals surface area contributed by atoms with Gasteiger partial charge in [0.25, 0.3) is 10.1 Å². The first-order valence-corrected chi connectivity index (χ1v) is 8.40. The molecule has 0 aromatic carbocycles. The number of hydrogen-bond acceptors (Lipinski definition) is 3. The van der Waals surface area contributed by atoms with E-state index < -0.39 is 10.1 Å². The van der Waals surface area contributed by atoms with Crippen molar-refractivity contribution in [2.75, 3.05) is 5.75 Å². The molecule has 1 N–H and O–H groups in total. The molecule has 0 aliphatic carbocycles. The van der Waals surface area contributed by atoms with E-state index in [1.807, 2.05) is 25.6 Å². The normalized spacial score (nSPS) is 12.6. The standard InChI is InChI=1S/C8H14N2.C5H12O3S/c1-2-3-4-6-10-7-5-9-8-10;1-3-5(2)4-9(6,7)8/h5,7-8H,2-4,6H2,1H3;5H,3-4H2,1-2H3,(H,6,7,8). The average Bonchev–Trinajstić information content (AvgIpc) is 2.81. The highest BCUT2D eigenvalue weighted by molar-refractivity contribution is 7.85. The van der Waals surface area contributed by atoms with Gasteiger partial charge in [-0.3, -0.25) is 4.55 Å². The van der Waals surface area contributed by atoms with Crippen molar-refractivity contribution in [3.05, 3.63) is 18.7 Å². The maximum absolute atomic E-state index is 10.2. The van der Waals surface area contributed by atoms with Gasteiger partial charge < -0.3 is 4.57 Å². The molecule has 0 spiro atoms. The molecule has 1 unspecified atom stereocenters. The van der Waals surface area contributed by atoms with Gasteiger partial charge in [-0.1, -0.05) is 40.0 Å². The van der Waals surface area contributed by atoms with Crippen molar-refractivity contribution in [3.8, 4) is 0 Å². The maximum Gasteiger partial charge on any atom is 0.265 e. The van der Waals surface area contributed by atoms with Crippen LogP contribution in [0.2, 0.25) is 0 Å². The molecule has 0 aliphatic rings. The summed E-state index contributed by atoms with van der Waals surface area (Å²) in [4.78, 5) is 3.96. The van der Waals surface area contributed by atoms with Crippen molar-refractivity contribution in [1.82, 2.24) is 9.55 Å². The molecule has 5 nitrogen and oxygen atoms in total. The number of aryl methyl sites for hydroxylation is 1. The van der Waals surface area contributed by atoms with Crippen LogP contribution in [0.3, 0.4) is 0 Å². The van der Waals surface area contributed by atoms with E-state index >= 15 is 0 Å². The van der Waals surface area contributed by atoms with E-state index in [0.717, 1.165) is 13.0 Å². The summed E-state index contributed by atoms with van der Waals surface area (Å²) in [5, 5.41) is 0. The first-order chi connectivity index (χ1) is 8.89. The lowest BCUT2D eigenvalue weighted by atomic mass is 10.2. The number of nitrogens with zero attached hydrogens (tertiary/aromatic N) is 2. The lowest BCUT2D eigenvalue weighted by Crippen LogP contribution is -2.11. The molecule has 19 heavy (non-hydrogen) atoms. The fraction of sp³-hybridized carbons (Fsp3) is 0.769. The Morgan fingerprint density at radius 1 is 1.32 bits per heavy atom. The van der Waals surface area contributed by atoms with Crippen molar-refractivity contribution < 1.29 is 13.0 Å². The smallest absolute Gasteiger partial charge is 0.265 e. The van der Waals surface area contributed by atoms with Gasteiger partial charge in [0.05, 0.1) is 12.1 Å². The van der Waals surface area contributed by atoms with Crippen molar-refractivity contribution >= 4 is 10.1 Å². The Balaban J connectivity index is 0.000000344. The van der Waals surface area contributed by atoms with Gasteiger partial charge in [-0.25, -0.2) is 4.98 Å². The van der Waals surface area contributed by atoms with Crippen LogP contribution in [0, 0.1) is 5.92 Å². The number of rotatable bonds is 7. The largest absolute Gasteiger partial charge is 0.337 e. The first kappa shape index (κ1) is 18.1. The van der Waals surface area contributed by atoms with Gasteiger partial charge in [-0.2, -0.15) is 8.42 Å². The Morgan fingerprint density at radius 3 is 2.37 bits per heavy atom. The van der Waals surface area contributed by atoms with E-state index in [9.17, 15) is 8.42 Å². The fourth-order valence-corrected chi connectivity index (χ4v) is 2.40. The Bertz CT molecular complexity index is 402. The number of hydrogen-bond donors (Lipinski definition) is 1. The minimum absolute atomic E-state index is 0.0556. The lowest BCUT2D eigenvalue weighted by molar-refractivity contribution is 0.467. The van der Waals surface area contributed by atoms with Crippen LogP contribution >= 0.6 is 0 Å². The molecule has 112 valence electrons. The molecular formula is C13H26N2O3S. The van der Waals surface area contributed by atoms with Gasteiger partial charge in [-0.05, 0) is 12.3 Å². The van der Waals surface area contributed by atoms with E-state index in [-0.39, 0.29) is 11.7 Å².